The number of hydrogen-bond donors (Lipinski definition) is 1. The zero-order valence-corrected chi connectivity index (χ0v) is 17.0. The quantitative estimate of drug-likeness (QED) is 0.725. The summed E-state index contributed by atoms with van der Waals surface area (Å²) in [5, 5.41) is 12.9. The molecule has 4 rings (SSSR count). The van der Waals surface area contributed by atoms with Gasteiger partial charge in [-0.25, -0.2) is 9.97 Å². The van der Waals surface area contributed by atoms with Crippen LogP contribution in [0.3, 0.4) is 0 Å². The maximum Gasteiger partial charge on any atom is 0.253 e. The Labute approximate surface area is 175 Å². The first kappa shape index (κ1) is 20.0. The van der Waals surface area contributed by atoms with E-state index in [0.29, 0.717) is 30.2 Å². The van der Waals surface area contributed by atoms with Crippen LogP contribution >= 0.6 is 0 Å². The largest absolute Gasteiger partial charge is 0.391 e. The zero-order valence-electron chi connectivity index (χ0n) is 17.0. The number of nitrogens with zero attached hydrogens (tertiary/aromatic N) is 4. The number of piperidine rings is 1. The van der Waals surface area contributed by atoms with Crippen molar-refractivity contribution in [2.24, 2.45) is 0 Å². The number of anilines is 1. The number of aliphatic hydroxyl groups excluding tert-OH is 1. The fourth-order valence-electron chi connectivity index (χ4n) is 3.84. The van der Waals surface area contributed by atoms with E-state index < -0.39 is 6.10 Å². The molecule has 7 nitrogen and oxygen atoms in total. The highest BCUT2D eigenvalue weighted by atomic mass is 16.3. The van der Waals surface area contributed by atoms with E-state index in [9.17, 15) is 14.7 Å². The molecule has 0 saturated carbocycles. The molecule has 0 spiro atoms. The van der Waals surface area contributed by atoms with Crippen LogP contribution < -0.4 is 4.90 Å². The second-order valence-corrected chi connectivity index (χ2v) is 7.64. The summed E-state index contributed by atoms with van der Waals surface area (Å²) in [6.07, 6.45) is 1.44. The molecule has 0 radical (unpaired) electrons. The predicted octanol–water partition coefficient (Wildman–Crippen LogP) is 2.60. The van der Waals surface area contributed by atoms with E-state index in [1.165, 1.54) is 11.8 Å². The van der Waals surface area contributed by atoms with E-state index in [-0.39, 0.29) is 24.3 Å². The second-order valence-electron chi connectivity index (χ2n) is 7.64. The Bertz CT molecular complexity index is 1100. The summed E-state index contributed by atoms with van der Waals surface area (Å²) in [6, 6.07) is 15.3. The number of fused-ring (bicyclic) bond motifs is 1. The molecule has 0 bridgehead atoms. The molecular weight excluding hydrogens is 380 g/mol. The van der Waals surface area contributed by atoms with Gasteiger partial charge in [-0.05, 0) is 35.4 Å². The lowest BCUT2D eigenvalue weighted by Gasteiger charge is -2.36. The number of aromatic nitrogens is 2. The standard InChI is InChI=1S/C23H24N4O3/c1-15(28)26(2)23-24-11-9-20(25-23)19-10-12-27(14-21(19)29)22(30)18-8-7-16-5-3-4-6-17(16)13-18/h3-9,11,13,19,21,29H,10,12,14H2,1-2H3. The van der Waals surface area contributed by atoms with Gasteiger partial charge in [0.15, 0.2) is 0 Å². The van der Waals surface area contributed by atoms with Crippen molar-refractivity contribution >= 4 is 28.5 Å². The van der Waals surface area contributed by atoms with Crippen molar-refractivity contribution in [3.63, 3.8) is 0 Å². The normalized spacial score (nSPS) is 19.0. The van der Waals surface area contributed by atoms with Gasteiger partial charge in [-0.2, -0.15) is 0 Å². The topological polar surface area (TPSA) is 86.6 Å². The smallest absolute Gasteiger partial charge is 0.253 e. The predicted molar refractivity (Wildman–Crippen MR) is 114 cm³/mol. The number of likely N-dealkylation sites (tertiary alicyclic amines) is 1. The number of rotatable bonds is 3. The van der Waals surface area contributed by atoms with E-state index in [1.807, 2.05) is 42.5 Å². The number of β-amino-alcohol motifs (C(OH)–C–C–N with tert-alkyl or cyclic N) is 1. The van der Waals surface area contributed by atoms with Crippen LogP contribution in [0.25, 0.3) is 10.8 Å². The van der Waals surface area contributed by atoms with Gasteiger partial charge in [-0.1, -0.05) is 30.3 Å². The third-order valence-electron chi connectivity index (χ3n) is 5.68. The van der Waals surface area contributed by atoms with Crippen LogP contribution in [0.15, 0.2) is 54.7 Å². The summed E-state index contributed by atoms with van der Waals surface area (Å²) in [5.41, 5.74) is 1.30. The van der Waals surface area contributed by atoms with Crippen molar-refractivity contribution in [2.75, 3.05) is 25.0 Å². The molecule has 7 heteroatoms. The molecule has 1 fully saturated rings. The number of benzene rings is 2. The number of carbonyl (C=O) groups is 2. The van der Waals surface area contributed by atoms with Crippen LogP contribution in [0.4, 0.5) is 5.95 Å². The van der Waals surface area contributed by atoms with Gasteiger partial charge in [0.05, 0.1) is 11.8 Å². The van der Waals surface area contributed by atoms with Gasteiger partial charge in [0.2, 0.25) is 11.9 Å². The van der Waals surface area contributed by atoms with E-state index >= 15 is 0 Å². The average molecular weight is 404 g/mol. The minimum atomic E-state index is -0.742. The molecule has 2 amide bonds. The molecule has 2 unspecified atom stereocenters. The molecule has 1 saturated heterocycles. The molecule has 1 aliphatic rings. The van der Waals surface area contributed by atoms with Gasteiger partial charge < -0.3 is 10.0 Å². The van der Waals surface area contributed by atoms with Gasteiger partial charge in [0.25, 0.3) is 5.91 Å². The van der Waals surface area contributed by atoms with Crippen LogP contribution in [-0.2, 0) is 4.79 Å². The summed E-state index contributed by atoms with van der Waals surface area (Å²) in [5.74, 6) is -0.156. The molecule has 2 heterocycles. The molecule has 2 aromatic carbocycles. The number of aliphatic hydroxyl groups is 1. The summed E-state index contributed by atoms with van der Waals surface area (Å²) < 4.78 is 0. The number of amides is 2. The monoisotopic (exact) mass is 404 g/mol. The maximum absolute atomic E-state index is 13.0. The van der Waals surface area contributed by atoms with E-state index in [4.69, 9.17) is 0 Å². The van der Waals surface area contributed by atoms with Crippen LogP contribution in [0.2, 0.25) is 0 Å². The van der Waals surface area contributed by atoms with Crippen LogP contribution in [-0.4, -0.2) is 58.0 Å². The molecule has 1 aromatic heterocycles. The lowest BCUT2D eigenvalue weighted by atomic mass is 9.90. The molecule has 2 atom stereocenters. The Hall–Kier alpha value is -3.32. The van der Waals surface area contributed by atoms with Crippen molar-refractivity contribution < 1.29 is 14.7 Å². The molecule has 0 aliphatic carbocycles. The first-order valence-electron chi connectivity index (χ1n) is 9.97. The highest BCUT2D eigenvalue weighted by molar-refractivity contribution is 5.98. The van der Waals surface area contributed by atoms with E-state index in [1.54, 1.807) is 24.2 Å². The Kier molecular flexibility index (Phi) is 5.46. The second kappa shape index (κ2) is 8.20. The Morgan fingerprint density at radius 2 is 1.90 bits per heavy atom. The molecule has 1 aliphatic heterocycles. The van der Waals surface area contributed by atoms with Crippen LogP contribution in [0, 0.1) is 0 Å². The molecule has 154 valence electrons. The summed E-state index contributed by atoms with van der Waals surface area (Å²) >= 11 is 0. The maximum atomic E-state index is 13.0. The zero-order chi connectivity index (χ0) is 21.3. The summed E-state index contributed by atoms with van der Waals surface area (Å²) in [4.78, 5) is 36.2. The summed E-state index contributed by atoms with van der Waals surface area (Å²) in [6.45, 7) is 2.20. The minimum absolute atomic E-state index is 0.0852. The Morgan fingerprint density at radius 3 is 2.63 bits per heavy atom. The highest BCUT2D eigenvalue weighted by Gasteiger charge is 2.32. The average Bonchev–Trinajstić information content (AvgIpc) is 2.77. The van der Waals surface area contributed by atoms with Crippen molar-refractivity contribution in [1.82, 2.24) is 14.9 Å². The third-order valence-corrected chi connectivity index (χ3v) is 5.68. The van der Waals surface area contributed by atoms with E-state index in [0.717, 1.165) is 10.8 Å². The van der Waals surface area contributed by atoms with Gasteiger partial charge in [0, 0.05) is 44.7 Å². The SMILES string of the molecule is CC(=O)N(C)c1nccc(C2CCN(C(=O)c3ccc4ccccc4c3)CC2O)n1. The van der Waals surface area contributed by atoms with Crippen LogP contribution in [0.5, 0.6) is 0 Å². The molecule has 3 aromatic rings. The Balaban J connectivity index is 1.49. The Morgan fingerprint density at radius 1 is 1.13 bits per heavy atom. The lowest BCUT2D eigenvalue weighted by Crippen LogP contribution is -2.46. The number of carbonyl (C=O) groups excluding carboxylic acids is 2. The van der Waals surface area contributed by atoms with Crippen molar-refractivity contribution in [3.8, 4) is 0 Å². The van der Waals surface area contributed by atoms with Crippen molar-refractivity contribution in [2.45, 2.75) is 25.4 Å². The highest BCUT2D eigenvalue weighted by Crippen LogP contribution is 2.29. The van der Waals surface area contributed by atoms with Crippen molar-refractivity contribution in [1.29, 1.82) is 0 Å². The van der Waals surface area contributed by atoms with Crippen LogP contribution in [0.1, 0.15) is 35.3 Å². The molecule has 30 heavy (non-hydrogen) atoms. The minimum Gasteiger partial charge on any atom is -0.391 e. The van der Waals surface area contributed by atoms with Gasteiger partial charge in [0.1, 0.15) is 0 Å². The lowest BCUT2D eigenvalue weighted by molar-refractivity contribution is -0.116. The number of hydrogen-bond acceptors (Lipinski definition) is 5. The fourth-order valence-corrected chi connectivity index (χ4v) is 3.84. The van der Waals surface area contributed by atoms with Gasteiger partial charge in [-0.15, -0.1) is 0 Å². The van der Waals surface area contributed by atoms with Crippen molar-refractivity contribution in [3.05, 3.63) is 66.0 Å². The van der Waals surface area contributed by atoms with Gasteiger partial charge in [-0.3, -0.25) is 14.5 Å². The first-order chi connectivity index (χ1) is 14.4. The van der Waals surface area contributed by atoms with E-state index in [2.05, 4.69) is 9.97 Å². The third kappa shape index (κ3) is 3.89. The first-order valence-corrected chi connectivity index (χ1v) is 9.97. The fraction of sp³-hybridized carbons (Fsp3) is 0.304. The van der Waals surface area contributed by atoms with Gasteiger partial charge >= 0.3 is 0 Å². The summed E-state index contributed by atoms with van der Waals surface area (Å²) in [7, 11) is 1.61. The molecular formula is C23H24N4O3. The molecule has 1 N–H and O–H groups in total.